The Bertz CT molecular complexity index is 596. The van der Waals surface area contributed by atoms with Gasteiger partial charge < -0.3 is 5.11 Å². The number of hydrogen-bond acceptors (Lipinski definition) is 2. The van der Waals surface area contributed by atoms with Crippen LogP contribution >= 0.6 is 0 Å². The Morgan fingerprint density at radius 1 is 1.25 bits per heavy atom. The first-order valence-corrected chi connectivity index (χ1v) is 6.74. The quantitative estimate of drug-likeness (QED) is 0.914. The highest BCUT2D eigenvalue weighted by Gasteiger charge is 2.18. The van der Waals surface area contributed by atoms with Crippen LogP contribution in [0.25, 0.3) is 0 Å². The molecule has 3 nitrogen and oxygen atoms in total. The first-order chi connectivity index (χ1) is 9.56. The maximum atomic E-state index is 13.6. The molecule has 0 aliphatic carbocycles. The lowest BCUT2D eigenvalue weighted by atomic mass is 10.1. The Balaban J connectivity index is 2.25. The fourth-order valence-electron chi connectivity index (χ4n) is 2.17. The molecule has 108 valence electrons. The van der Waals surface area contributed by atoms with Gasteiger partial charge in [-0.15, -0.1) is 0 Å². The lowest BCUT2D eigenvalue weighted by Gasteiger charge is -2.14. The molecule has 0 spiro atoms. The average Bonchev–Trinajstić information content (AvgIpc) is 2.84. The van der Waals surface area contributed by atoms with E-state index >= 15 is 0 Å². The third kappa shape index (κ3) is 2.88. The van der Waals surface area contributed by atoms with Gasteiger partial charge >= 0.3 is 0 Å². The number of rotatable bonds is 5. The molecule has 5 heteroatoms. The summed E-state index contributed by atoms with van der Waals surface area (Å²) in [6, 6.07) is 5.78. The van der Waals surface area contributed by atoms with Crippen LogP contribution in [0.1, 0.15) is 36.9 Å². The van der Waals surface area contributed by atoms with Gasteiger partial charge in [-0.25, -0.2) is 8.78 Å². The van der Waals surface area contributed by atoms with Crippen molar-refractivity contribution in [1.82, 2.24) is 9.78 Å². The highest BCUT2D eigenvalue weighted by atomic mass is 19.2. The molecule has 1 heterocycles. The number of halogens is 2. The van der Waals surface area contributed by atoms with Gasteiger partial charge in [0.05, 0.1) is 12.2 Å². The zero-order valence-electron chi connectivity index (χ0n) is 11.6. The lowest BCUT2D eigenvalue weighted by Crippen LogP contribution is -2.14. The number of benzene rings is 1. The van der Waals surface area contributed by atoms with E-state index in [1.54, 1.807) is 4.68 Å². The van der Waals surface area contributed by atoms with Crippen LogP contribution in [-0.4, -0.2) is 14.9 Å². The Hall–Kier alpha value is -1.75. The van der Waals surface area contributed by atoms with E-state index in [0.717, 1.165) is 30.3 Å². The molecule has 0 aliphatic rings. The van der Waals surface area contributed by atoms with Crippen LogP contribution in [0.4, 0.5) is 8.78 Å². The first-order valence-electron chi connectivity index (χ1n) is 6.74. The summed E-state index contributed by atoms with van der Waals surface area (Å²) in [5.74, 6) is -1.95. The van der Waals surface area contributed by atoms with Gasteiger partial charge in [0.15, 0.2) is 11.6 Å². The van der Waals surface area contributed by atoms with Crippen LogP contribution in [0.3, 0.4) is 0 Å². The summed E-state index contributed by atoms with van der Waals surface area (Å²) in [4.78, 5) is 0. The molecule has 0 bridgehead atoms. The van der Waals surface area contributed by atoms with E-state index in [2.05, 4.69) is 5.10 Å². The number of nitrogens with zero attached hydrogens (tertiary/aromatic N) is 2. The van der Waals surface area contributed by atoms with Gasteiger partial charge in [0, 0.05) is 11.3 Å². The van der Waals surface area contributed by atoms with Gasteiger partial charge in [-0.3, -0.25) is 4.68 Å². The van der Waals surface area contributed by atoms with Gasteiger partial charge in [0.1, 0.15) is 6.10 Å². The van der Waals surface area contributed by atoms with Gasteiger partial charge in [-0.05, 0) is 25.0 Å². The van der Waals surface area contributed by atoms with E-state index in [1.165, 1.54) is 12.1 Å². The van der Waals surface area contributed by atoms with Gasteiger partial charge in [0.25, 0.3) is 0 Å². The molecule has 1 aromatic heterocycles. The van der Waals surface area contributed by atoms with Gasteiger partial charge in [-0.1, -0.05) is 26.0 Å². The molecular weight excluding hydrogens is 262 g/mol. The fraction of sp³-hybridized carbons (Fsp3) is 0.400. The molecule has 0 fully saturated rings. The molecule has 0 saturated carbocycles. The second-order valence-corrected chi connectivity index (χ2v) is 4.68. The fourth-order valence-corrected chi connectivity index (χ4v) is 2.17. The standard InChI is InChI=1S/C15H18F2N2O/c1-3-10-8-11(4-2)19(18-10)9-14(20)12-6-5-7-13(16)15(12)17/h5-8,14,20H,3-4,9H2,1-2H3. The normalized spacial score (nSPS) is 12.7. The second kappa shape index (κ2) is 6.13. The predicted molar refractivity (Wildman–Crippen MR) is 72.3 cm³/mol. The molecule has 0 radical (unpaired) electrons. The number of aliphatic hydroxyl groups is 1. The zero-order chi connectivity index (χ0) is 14.7. The first kappa shape index (κ1) is 14.7. The highest BCUT2D eigenvalue weighted by molar-refractivity contribution is 5.21. The SMILES string of the molecule is CCc1cc(CC)n(CC(O)c2cccc(F)c2F)n1. The Labute approximate surface area is 116 Å². The maximum absolute atomic E-state index is 13.6. The van der Waals surface area contributed by atoms with Crippen LogP contribution in [0, 0.1) is 11.6 Å². The molecule has 2 aromatic rings. The second-order valence-electron chi connectivity index (χ2n) is 4.68. The zero-order valence-corrected chi connectivity index (χ0v) is 11.6. The number of aryl methyl sites for hydroxylation is 2. The molecule has 20 heavy (non-hydrogen) atoms. The molecule has 0 saturated heterocycles. The van der Waals surface area contributed by atoms with Crippen molar-refractivity contribution in [3.8, 4) is 0 Å². The van der Waals surface area contributed by atoms with E-state index in [4.69, 9.17) is 0 Å². The van der Waals surface area contributed by atoms with Crippen molar-refractivity contribution in [2.45, 2.75) is 39.3 Å². The number of aliphatic hydroxyl groups excluding tert-OH is 1. The third-order valence-electron chi connectivity index (χ3n) is 3.32. The molecule has 1 unspecified atom stereocenters. The average molecular weight is 280 g/mol. The van der Waals surface area contributed by atoms with E-state index in [0.29, 0.717) is 0 Å². The number of hydrogen-bond donors (Lipinski definition) is 1. The van der Waals surface area contributed by atoms with Crippen LogP contribution in [-0.2, 0) is 19.4 Å². The summed E-state index contributed by atoms with van der Waals surface area (Å²) in [7, 11) is 0. The summed E-state index contributed by atoms with van der Waals surface area (Å²) in [5.41, 5.74) is 1.85. The summed E-state index contributed by atoms with van der Waals surface area (Å²) >= 11 is 0. The molecule has 0 aliphatic heterocycles. The summed E-state index contributed by atoms with van der Waals surface area (Å²) in [6.45, 7) is 4.10. The summed E-state index contributed by atoms with van der Waals surface area (Å²) in [5, 5.41) is 14.5. The van der Waals surface area contributed by atoms with Crippen LogP contribution < -0.4 is 0 Å². The summed E-state index contributed by atoms with van der Waals surface area (Å²) < 4.78 is 28.5. The molecule has 2 rings (SSSR count). The molecule has 1 N–H and O–H groups in total. The van der Waals surface area contributed by atoms with Crippen molar-refractivity contribution in [3.05, 3.63) is 52.9 Å². The van der Waals surface area contributed by atoms with E-state index < -0.39 is 17.7 Å². The predicted octanol–water partition coefficient (Wildman–Crippen LogP) is 3.02. The molecular formula is C15H18F2N2O. The van der Waals surface area contributed by atoms with E-state index in [-0.39, 0.29) is 12.1 Å². The monoisotopic (exact) mass is 280 g/mol. The molecule has 0 amide bonds. The number of aromatic nitrogens is 2. The van der Waals surface area contributed by atoms with E-state index in [1.807, 2.05) is 19.9 Å². The molecule has 1 atom stereocenters. The van der Waals surface area contributed by atoms with Crippen molar-refractivity contribution < 1.29 is 13.9 Å². The van der Waals surface area contributed by atoms with Crippen molar-refractivity contribution in [1.29, 1.82) is 0 Å². The van der Waals surface area contributed by atoms with E-state index in [9.17, 15) is 13.9 Å². The minimum absolute atomic E-state index is 0.0411. The highest BCUT2D eigenvalue weighted by Crippen LogP contribution is 2.21. The van der Waals surface area contributed by atoms with Crippen LogP contribution in [0.15, 0.2) is 24.3 Å². The minimum Gasteiger partial charge on any atom is -0.386 e. The largest absolute Gasteiger partial charge is 0.386 e. The van der Waals surface area contributed by atoms with Crippen LogP contribution in [0.2, 0.25) is 0 Å². The maximum Gasteiger partial charge on any atom is 0.164 e. The third-order valence-corrected chi connectivity index (χ3v) is 3.32. The summed E-state index contributed by atoms with van der Waals surface area (Å²) in [6.07, 6.45) is 0.441. The topological polar surface area (TPSA) is 38.0 Å². The van der Waals surface area contributed by atoms with Crippen molar-refractivity contribution in [2.24, 2.45) is 0 Å². The van der Waals surface area contributed by atoms with Crippen molar-refractivity contribution in [3.63, 3.8) is 0 Å². The molecule has 1 aromatic carbocycles. The Morgan fingerprint density at radius 3 is 2.65 bits per heavy atom. The van der Waals surface area contributed by atoms with Crippen molar-refractivity contribution in [2.75, 3.05) is 0 Å². The smallest absolute Gasteiger partial charge is 0.164 e. The van der Waals surface area contributed by atoms with Gasteiger partial charge in [0.2, 0.25) is 0 Å². The van der Waals surface area contributed by atoms with Gasteiger partial charge in [-0.2, -0.15) is 5.10 Å². The van der Waals surface area contributed by atoms with Crippen molar-refractivity contribution >= 4 is 0 Å². The Morgan fingerprint density at radius 2 is 2.00 bits per heavy atom. The Kier molecular flexibility index (Phi) is 4.49. The lowest BCUT2D eigenvalue weighted by molar-refractivity contribution is 0.145. The minimum atomic E-state index is -1.12. The van der Waals surface area contributed by atoms with Crippen LogP contribution in [0.5, 0.6) is 0 Å².